The van der Waals surface area contributed by atoms with Gasteiger partial charge in [0, 0.05) is 36.0 Å². The molecule has 2 atom stereocenters. The molecule has 1 amide bonds. The van der Waals surface area contributed by atoms with Crippen LogP contribution in [0.5, 0.6) is 0 Å². The number of esters is 1. The highest BCUT2D eigenvalue weighted by Crippen LogP contribution is 2.37. The van der Waals surface area contributed by atoms with Crippen LogP contribution >= 0.6 is 0 Å². The molecule has 0 aliphatic carbocycles. The summed E-state index contributed by atoms with van der Waals surface area (Å²) in [6.45, 7) is 8.07. The van der Waals surface area contributed by atoms with Gasteiger partial charge in [-0.3, -0.25) is 9.59 Å². The van der Waals surface area contributed by atoms with Crippen LogP contribution in [0.25, 0.3) is 10.9 Å². The highest BCUT2D eigenvalue weighted by Gasteiger charge is 2.39. The van der Waals surface area contributed by atoms with Crippen LogP contribution in [-0.2, 0) is 14.3 Å². The molecule has 1 N–H and O–H groups in total. The van der Waals surface area contributed by atoms with E-state index in [2.05, 4.69) is 4.98 Å². The zero-order valence-corrected chi connectivity index (χ0v) is 17.4. The van der Waals surface area contributed by atoms with Crippen molar-refractivity contribution in [1.29, 1.82) is 0 Å². The van der Waals surface area contributed by atoms with Crippen molar-refractivity contribution in [3.05, 3.63) is 46.2 Å². The summed E-state index contributed by atoms with van der Waals surface area (Å²) in [4.78, 5) is 41.9. The number of piperidine rings is 1. The molecule has 1 saturated heterocycles. The molecule has 0 unspecified atom stereocenters. The standard InChI is InChI=1S/C22H28N2O5/c1-5-28-20(26)17-13-24(21(27)29-22(2,3)4)11-10-14(17)16-12-19(25)23-18-9-7-6-8-15(16)18/h6-9,12,14,17H,5,10-11,13H2,1-4H3,(H,23,25)/t14-,17+/m1/s1. The summed E-state index contributed by atoms with van der Waals surface area (Å²) in [5.41, 5.74) is 0.713. The van der Waals surface area contributed by atoms with Crippen molar-refractivity contribution < 1.29 is 19.1 Å². The topological polar surface area (TPSA) is 88.7 Å². The maximum absolute atomic E-state index is 12.8. The molecule has 1 aliphatic heterocycles. The fourth-order valence-electron chi connectivity index (χ4n) is 3.84. The Balaban J connectivity index is 1.96. The number of fused-ring (bicyclic) bond motifs is 1. The van der Waals surface area contributed by atoms with Crippen molar-refractivity contribution in [2.75, 3.05) is 19.7 Å². The predicted octanol–water partition coefficient (Wildman–Crippen LogP) is 3.43. The number of ether oxygens (including phenoxy) is 2. The number of aromatic nitrogens is 1. The van der Waals surface area contributed by atoms with Crippen LogP contribution in [0.1, 0.15) is 45.6 Å². The van der Waals surface area contributed by atoms with E-state index in [1.54, 1.807) is 17.9 Å². The molecule has 1 aromatic heterocycles. The molecule has 2 heterocycles. The van der Waals surface area contributed by atoms with E-state index in [-0.39, 0.29) is 30.6 Å². The van der Waals surface area contributed by atoms with Crippen molar-refractivity contribution in [3.8, 4) is 0 Å². The lowest BCUT2D eigenvalue weighted by molar-refractivity contribution is -0.150. The van der Waals surface area contributed by atoms with Crippen LogP contribution in [0.2, 0.25) is 0 Å². The van der Waals surface area contributed by atoms with Gasteiger partial charge < -0.3 is 19.4 Å². The molecule has 7 heteroatoms. The summed E-state index contributed by atoms with van der Waals surface area (Å²) in [6.07, 6.45) is 0.0944. The van der Waals surface area contributed by atoms with Gasteiger partial charge in [0.15, 0.2) is 0 Å². The molecule has 29 heavy (non-hydrogen) atoms. The SMILES string of the molecule is CCOC(=O)[C@H]1CN(C(=O)OC(C)(C)C)CC[C@@H]1c1cc(=O)[nH]c2ccccc12. The third-order valence-corrected chi connectivity index (χ3v) is 5.04. The number of H-pyrrole nitrogens is 1. The van der Waals surface area contributed by atoms with Crippen molar-refractivity contribution in [2.45, 2.75) is 45.6 Å². The average molecular weight is 400 g/mol. The summed E-state index contributed by atoms with van der Waals surface area (Å²) >= 11 is 0. The number of para-hydroxylation sites is 1. The van der Waals surface area contributed by atoms with Crippen molar-refractivity contribution >= 4 is 23.0 Å². The number of hydrogen-bond acceptors (Lipinski definition) is 5. The van der Waals surface area contributed by atoms with E-state index in [4.69, 9.17) is 9.47 Å². The number of aromatic amines is 1. The average Bonchev–Trinajstić information content (AvgIpc) is 2.65. The van der Waals surface area contributed by atoms with Crippen molar-refractivity contribution in [1.82, 2.24) is 9.88 Å². The van der Waals surface area contributed by atoms with E-state index in [0.29, 0.717) is 13.0 Å². The Labute approximate surface area is 170 Å². The molecule has 0 radical (unpaired) electrons. The summed E-state index contributed by atoms with van der Waals surface area (Å²) in [5.74, 6) is -1.16. The zero-order chi connectivity index (χ0) is 21.2. The predicted molar refractivity (Wildman–Crippen MR) is 110 cm³/mol. The number of nitrogens with zero attached hydrogens (tertiary/aromatic N) is 1. The Kier molecular flexibility index (Phi) is 5.96. The number of rotatable bonds is 3. The second-order valence-electron chi connectivity index (χ2n) is 8.31. The molecule has 156 valence electrons. The molecule has 2 aromatic rings. The van der Waals surface area contributed by atoms with E-state index < -0.39 is 17.6 Å². The normalized spacial score (nSPS) is 19.8. The van der Waals surface area contributed by atoms with Crippen LogP contribution in [-0.4, -0.2) is 47.2 Å². The Morgan fingerprint density at radius 3 is 2.66 bits per heavy atom. The lowest BCUT2D eigenvalue weighted by Crippen LogP contribution is -2.48. The number of likely N-dealkylation sites (tertiary alicyclic amines) is 1. The van der Waals surface area contributed by atoms with Crippen LogP contribution in [0.15, 0.2) is 35.1 Å². The first-order chi connectivity index (χ1) is 13.7. The number of carbonyl (C=O) groups is 2. The molecule has 0 spiro atoms. The third-order valence-electron chi connectivity index (χ3n) is 5.04. The molecule has 1 aromatic carbocycles. The van der Waals surface area contributed by atoms with Crippen molar-refractivity contribution in [3.63, 3.8) is 0 Å². The largest absolute Gasteiger partial charge is 0.466 e. The highest BCUT2D eigenvalue weighted by atomic mass is 16.6. The Bertz CT molecular complexity index is 960. The first-order valence-electron chi connectivity index (χ1n) is 9.96. The smallest absolute Gasteiger partial charge is 0.410 e. The second kappa shape index (κ2) is 8.27. The second-order valence-corrected chi connectivity index (χ2v) is 8.31. The van der Waals surface area contributed by atoms with Crippen LogP contribution in [0, 0.1) is 5.92 Å². The minimum Gasteiger partial charge on any atom is -0.466 e. The lowest BCUT2D eigenvalue weighted by Gasteiger charge is -2.38. The number of pyridine rings is 1. The quantitative estimate of drug-likeness (QED) is 0.798. The molecule has 0 saturated carbocycles. The van der Waals surface area contributed by atoms with Gasteiger partial charge in [-0.05, 0) is 45.7 Å². The summed E-state index contributed by atoms with van der Waals surface area (Å²) in [5, 5.41) is 0.900. The third kappa shape index (κ3) is 4.78. The summed E-state index contributed by atoms with van der Waals surface area (Å²) in [7, 11) is 0. The van der Waals surface area contributed by atoms with E-state index in [1.165, 1.54) is 0 Å². The molecular formula is C22H28N2O5. The molecule has 7 nitrogen and oxygen atoms in total. The van der Waals surface area contributed by atoms with Crippen LogP contribution < -0.4 is 5.56 Å². The van der Waals surface area contributed by atoms with E-state index in [9.17, 15) is 14.4 Å². The Morgan fingerprint density at radius 2 is 1.97 bits per heavy atom. The fourth-order valence-corrected chi connectivity index (χ4v) is 3.84. The number of carbonyl (C=O) groups excluding carboxylic acids is 2. The zero-order valence-electron chi connectivity index (χ0n) is 17.4. The van der Waals surface area contributed by atoms with E-state index >= 15 is 0 Å². The number of benzene rings is 1. The van der Waals surface area contributed by atoms with Gasteiger partial charge >= 0.3 is 12.1 Å². The van der Waals surface area contributed by atoms with Crippen LogP contribution in [0.4, 0.5) is 4.79 Å². The van der Waals surface area contributed by atoms with Gasteiger partial charge in [-0.1, -0.05) is 18.2 Å². The van der Waals surface area contributed by atoms with Gasteiger partial charge in [0.1, 0.15) is 5.60 Å². The number of hydrogen-bond donors (Lipinski definition) is 1. The van der Waals surface area contributed by atoms with Gasteiger partial charge in [0.25, 0.3) is 0 Å². The van der Waals surface area contributed by atoms with Gasteiger partial charge in [-0.2, -0.15) is 0 Å². The maximum Gasteiger partial charge on any atom is 0.410 e. The molecule has 0 bridgehead atoms. The minimum atomic E-state index is -0.615. The fraction of sp³-hybridized carbons (Fsp3) is 0.500. The van der Waals surface area contributed by atoms with Gasteiger partial charge in [0.2, 0.25) is 5.56 Å². The van der Waals surface area contributed by atoms with Gasteiger partial charge in [-0.15, -0.1) is 0 Å². The Morgan fingerprint density at radius 1 is 1.24 bits per heavy atom. The number of nitrogens with one attached hydrogen (secondary N) is 1. The highest BCUT2D eigenvalue weighted by molar-refractivity contribution is 5.84. The Hall–Kier alpha value is -2.83. The summed E-state index contributed by atoms with van der Waals surface area (Å²) in [6, 6.07) is 9.09. The van der Waals surface area contributed by atoms with Gasteiger partial charge in [0.05, 0.1) is 12.5 Å². The van der Waals surface area contributed by atoms with E-state index in [0.717, 1.165) is 16.5 Å². The lowest BCUT2D eigenvalue weighted by atomic mass is 9.79. The van der Waals surface area contributed by atoms with Crippen LogP contribution in [0.3, 0.4) is 0 Å². The van der Waals surface area contributed by atoms with Crippen molar-refractivity contribution in [2.24, 2.45) is 5.92 Å². The first kappa shape index (κ1) is 20.9. The molecule has 3 rings (SSSR count). The maximum atomic E-state index is 12.8. The first-order valence-corrected chi connectivity index (χ1v) is 9.96. The van der Waals surface area contributed by atoms with Gasteiger partial charge in [-0.25, -0.2) is 4.79 Å². The molecular weight excluding hydrogens is 372 g/mol. The number of amides is 1. The van der Waals surface area contributed by atoms with E-state index in [1.807, 2.05) is 45.0 Å². The molecule has 1 fully saturated rings. The minimum absolute atomic E-state index is 0.194. The summed E-state index contributed by atoms with van der Waals surface area (Å²) < 4.78 is 10.8. The molecule has 1 aliphatic rings. The monoisotopic (exact) mass is 400 g/mol.